The van der Waals surface area contributed by atoms with E-state index in [1.807, 2.05) is 13.8 Å². The number of hydrogen-bond donors (Lipinski definition) is 1. The highest BCUT2D eigenvalue weighted by molar-refractivity contribution is 7.89. The van der Waals surface area contributed by atoms with Gasteiger partial charge in [0.1, 0.15) is 0 Å². The van der Waals surface area contributed by atoms with Crippen LogP contribution in [0, 0.1) is 0 Å². The lowest BCUT2D eigenvalue weighted by Crippen LogP contribution is -2.35. The van der Waals surface area contributed by atoms with Crippen molar-refractivity contribution in [1.82, 2.24) is 9.62 Å². The lowest BCUT2D eigenvalue weighted by atomic mass is 10.2. The molecule has 1 N–H and O–H groups in total. The van der Waals surface area contributed by atoms with E-state index in [0.717, 1.165) is 6.42 Å². The van der Waals surface area contributed by atoms with Crippen LogP contribution in [-0.4, -0.2) is 50.3 Å². The number of hydrogen-bond acceptors (Lipinski definition) is 5. The Bertz CT molecular complexity index is 716. The smallest absolute Gasteiger partial charge is 0.338 e. The third kappa shape index (κ3) is 5.82. The Balaban J connectivity index is 2.84. The standard InChI is InChI=1S/C17H26N2O5S/c1-6-13(4)18-16(20)11-24-17(21)14-8-7-9-15(10-14)25(22,23)19(5)12(2)3/h7-10,12-13H,6,11H2,1-5H3,(H,18,20)/t13-/m1/s1. The van der Waals surface area contributed by atoms with Crippen LogP contribution in [0.1, 0.15) is 44.5 Å². The second-order valence-corrected chi connectivity index (χ2v) is 8.09. The molecule has 1 rings (SSSR count). The van der Waals surface area contributed by atoms with Gasteiger partial charge >= 0.3 is 5.97 Å². The van der Waals surface area contributed by atoms with Crippen molar-refractivity contribution >= 4 is 21.9 Å². The molecule has 0 spiro atoms. The lowest BCUT2D eigenvalue weighted by molar-refractivity contribution is -0.124. The molecule has 140 valence electrons. The fourth-order valence-electron chi connectivity index (χ4n) is 1.86. The van der Waals surface area contributed by atoms with Gasteiger partial charge in [-0.1, -0.05) is 13.0 Å². The molecule has 1 aromatic rings. The van der Waals surface area contributed by atoms with Gasteiger partial charge in [-0.15, -0.1) is 0 Å². The summed E-state index contributed by atoms with van der Waals surface area (Å²) in [5, 5.41) is 2.68. The first-order valence-corrected chi connectivity index (χ1v) is 9.58. The van der Waals surface area contributed by atoms with Gasteiger partial charge in [-0.3, -0.25) is 4.79 Å². The molecule has 0 radical (unpaired) electrons. The quantitative estimate of drug-likeness (QED) is 0.704. The Kier molecular flexibility index (Phi) is 7.57. The van der Waals surface area contributed by atoms with E-state index in [4.69, 9.17) is 4.74 Å². The number of carbonyl (C=O) groups excluding carboxylic acids is 2. The highest BCUT2D eigenvalue weighted by Crippen LogP contribution is 2.18. The van der Waals surface area contributed by atoms with Crippen molar-refractivity contribution in [1.29, 1.82) is 0 Å². The molecule has 1 aromatic carbocycles. The molecule has 25 heavy (non-hydrogen) atoms. The minimum absolute atomic E-state index is 0.00204. The number of carbonyl (C=O) groups is 2. The summed E-state index contributed by atoms with van der Waals surface area (Å²) in [7, 11) is -2.22. The number of benzene rings is 1. The van der Waals surface area contributed by atoms with Crippen molar-refractivity contribution < 1.29 is 22.7 Å². The Morgan fingerprint density at radius 3 is 2.44 bits per heavy atom. The highest BCUT2D eigenvalue weighted by atomic mass is 32.2. The van der Waals surface area contributed by atoms with Crippen LogP contribution < -0.4 is 5.32 Å². The number of sulfonamides is 1. The summed E-state index contributed by atoms with van der Waals surface area (Å²) in [6.07, 6.45) is 0.767. The van der Waals surface area contributed by atoms with Crippen LogP contribution in [0.5, 0.6) is 0 Å². The molecule has 0 saturated heterocycles. The molecule has 1 amide bonds. The van der Waals surface area contributed by atoms with Gasteiger partial charge in [0.05, 0.1) is 10.5 Å². The molecule has 0 heterocycles. The Hall–Kier alpha value is -1.93. The summed E-state index contributed by atoms with van der Waals surface area (Å²) in [6, 6.07) is 5.36. The van der Waals surface area contributed by atoms with Crippen LogP contribution in [0.15, 0.2) is 29.2 Å². The molecule has 0 bridgehead atoms. The molecular formula is C17H26N2O5S. The predicted octanol–water partition coefficient (Wildman–Crippen LogP) is 1.79. The lowest BCUT2D eigenvalue weighted by Gasteiger charge is -2.21. The van der Waals surface area contributed by atoms with E-state index in [1.54, 1.807) is 13.8 Å². The van der Waals surface area contributed by atoms with E-state index >= 15 is 0 Å². The number of ether oxygens (including phenoxy) is 1. The summed E-state index contributed by atoms with van der Waals surface area (Å²) in [4.78, 5) is 23.7. The van der Waals surface area contributed by atoms with Gasteiger partial charge in [-0.2, -0.15) is 4.31 Å². The van der Waals surface area contributed by atoms with Crippen molar-refractivity contribution in [2.75, 3.05) is 13.7 Å². The van der Waals surface area contributed by atoms with Gasteiger partial charge in [-0.25, -0.2) is 13.2 Å². The van der Waals surface area contributed by atoms with Gasteiger partial charge in [0.2, 0.25) is 10.0 Å². The molecule has 0 aromatic heterocycles. The molecule has 0 aliphatic rings. The average molecular weight is 370 g/mol. The van der Waals surface area contributed by atoms with Crippen molar-refractivity contribution in [3.63, 3.8) is 0 Å². The molecule has 0 aliphatic carbocycles. The van der Waals surface area contributed by atoms with Gasteiger partial charge in [0.25, 0.3) is 5.91 Å². The zero-order valence-corrected chi connectivity index (χ0v) is 16.1. The van der Waals surface area contributed by atoms with Crippen LogP contribution in [0.2, 0.25) is 0 Å². The molecule has 8 heteroatoms. The summed E-state index contributed by atoms with van der Waals surface area (Å²) in [5.41, 5.74) is 0.0783. The molecule has 0 saturated carbocycles. The van der Waals surface area contributed by atoms with E-state index in [0.29, 0.717) is 0 Å². The molecular weight excluding hydrogens is 344 g/mol. The molecule has 7 nitrogen and oxygen atoms in total. The van der Waals surface area contributed by atoms with Gasteiger partial charge in [0.15, 0.2) is 6.61 Å². The van der Waals surface area contributed by atoms with Crippen molar-refractivity contribution in [2.24, 2.45) is 0 Å². The minimum Gasteiger partial charge on any atom is -0.452 e. The van der Waals surface area contributed by atoms with Crippen LogP contribution in [0.3, 0.4) is 0 Å². The monoisotopic (exact) mass is 370 g/mol. The third-order valence-corrected chi connectivity index (χ3v) is 5.86. The first-order valence-electron chi connectivity index (χ1n) is 8.14. The highest BCUT2D eigenvalue weighted by Gasteiger charge is 2.24. The van der Waals surface area contributed by atoms with E-state index in [-0.39, 0.29) is 22.5 Å². The second-order valence-electron chi connectivity index (χ2n) is 6.10. The number of nitrogens with one attached hydrogen (secondary N) is 1. The summed E-state index contributed by atoms with van der Waals surface area (Å²) in [6.45, 7) is 6.87. The van der Waals surface area contributed by atoms with Crippen molar-refractivity contribution in [3.8, 4) is 0 Å². The number of nitrogens with zero attached hydrogens (tertiary/aromatic N) is 1. The zero-order valence-electron chi connectivity index (χ0n) is 15.3. The largest absolute Gasteiger partial charge is 0.452 e. The summed E-state index contributed by atoms with van der Waals surface area (Å²) >= 11 is 0. The van der Waals surface area contributed by atoms with Gasteiger partial charge in [-0.05, 0) is 45.4 Å². The average Bonchev–Trinajstić information content (AvgIpc) is 2.58. The SMILES string of the molecule is CC[C@@H](C)NC(=O)COC(=O)c1cccc(S(=O)(=O)N(C)C(C)C)c1. The Labute approximate surface area is 149 Å². The summed E-state index contributed by atoms with van der Waals surface area (Å²) in [5.74, 6) is -1.14. The molecule has 1 atom stereocenters. The maximum Gasteiger partial charge on any atom is 0.338 e. The van der Waals surface area contributed by atoms with E-state index in [1.165, 1.54) is 35.6 Å². The van der Waals surface area contributed by atoms with E-state index < -0.39 is 28.5 Å². The van der Waals surface area contributed by atoms with Crippen LogP contribution in [0.25, 0.3) is 0 Å². The van der Waals surface area contributed by atoms with Crippen LogP contribution in [0.4, 0.5) is 0 Å². The van der Waals surface area contributed by atoms with Gasteiger partial charge < -0.3 is 10.1 Å². The van der Waals surface area contributed by atoms with E-state index in [2.05, 4.69) is 5.32 Å². The number of esters is 1. The molecule has 0 fully saturated rings. The normalized spacial score (nSPS) is 12.9. The minimum atomic E-state index is -3.70. The first kappa shape index (κ1) is 21.1. The molecule has 0 unspecified atom stereocenters. The maximum absolute atomic E-state index is 12.5. The predicted molar refractivity (Wildman–Crippen MR) is 94.7 cm³/mol. The van der Waals surface area contributed by atoms with Crippen molar-refractivity contribution in [2.45, 2.75) is 51.1 Å². The van der Waals surface area contributed by atoms with Gasteiger partial charge in [0, 0.05) is 19.1 Å². The number of rotatable bonds is 8. The topological polar surface area (TPSA) is 92.8 Å². The van der Waals surface area contributed by atoms with Crippen LogP contribution >= 0.6 is 0 Å². The molecule has 0 aliphatic heterocycles. The summed E-state index contributed by atoms with van der Waals surface area (Å²) < 4.78 is 31.1. The maximum atomic E-state index is 12.5. The van der Waals surface area contributed by atoms with E-state index in [9.17, 15) is 18.0 Å². The Morgan fingerprint density at radius 1 is 1.24 bits per heavy atom. The number of amides is 1. The zero-order chi connectivity index (χ0) is 19.2. The fraction of sp³-hybridized carbons (Fsp3) is 0.529. The Morgan fingerprint density at radius 2 is 1.88 bits per heavy atom. The van der Waals surface area contributed by atoms with Crippen LogP contribution in [-0.2, 0) is 19.6 Å². The fourth-order valence-corrected chi connectivity index (χ4v) is 3.27. The second kappa shape index (κ2) is 8.96. The third-order valence-electron chi connectivity index (χ3n) is 3.83. The van der Waals surface area contributed by atoms with Crippen molar-refractivity contribution in [3.05, 3.63) is 29.8 Å². The first-order chi connectivity index (χ1) is 11.6.